The molecule has 0 aliphatic heterocycles. The molecule has 4 aliphatic rings. The molecule has 0 radical (unpaired) electrons. The van der Waals surface area contributed by atoms with E-state index in [9.17, 15) is 4.39 Å². The first kappa shape index (κ1) is 23.1. The number of pyridine rings is 1. The maximum absolute atomic E-state index is 14.0. The summed E-state index contributed by atoms with van der Waals surface area (Å²) in [5.41, 5.74) is 3.50. The van der Waals surface area contributed by atoms with Gasteiger partial charge in [-0.15, -0.1) is 0 Å². The first-order valence-corrected chi connectivity index (χ1v) is 13.4. The normalized spacial score (nSPS) is 40.8. The summed E-state index contributed by atoms with van der Waals surface area (Å²) >= 11 is 0. The van der Waals surface area contributed by atoms with Crippen LogP contribution in [0, 0.1) is 52.2 Å². The standard InChI is InChI=1S/C29H42FN3/c1-18(16-33-28-17-32-13-11-22(28)15-31)26-8-9-27-25-7-5-21-14-20(19(2)30)4-6-23(21)24(25)10-12-29(26,27)3/h11,13,15,17,19-21,23-27,31,33H,1,4-10,12,14,16H2,2-3H3/t19?,20?,21-,23+,24?,25-,26-,27?,29-/m1/s1. The van der Waals surface area contributed by atoms with Gasteiger partial charge in [-0.3, -0.25) is 4.98 Å². The molecule has 1 aromatic heterocycles. The average molecular weight is 452 g/mol. The highest BCUT2D eigenvalue weighted by Gasteiger charge is 2.57. The van der Waals surface area contributed by atoms with Gasteiger partial charge in [-0.25, -0.2) is 4.39 Å². The van der Waals surface area contributed by atoms with Crippen LogP contribution in [0.3, 0.4) is 0 Å². The van der Waals surface area contributed by atoms with Gasteiger partial charge in [-0.2, -0.15) is 0 Å². The smallest absolute Gasteiger partial charge is 0.100 e. The second kappa shape index (κ2) is 9.15. The van der Waals surface area contributed by atoms with Gasteiger partial charge in [-0.05, 0) is 118 Å². The van der Waals surface area contributed by atoms with Crippen LogP contribution in [0.1, 0.15) is 77.2 Å². The Morgan fingerprint density at radius 3 is 2.82 bits per heavy atom. The zero-order valence-corrected chi connectivity index (χ0v) is 20.5. The lowest BCUT2D eigenvalue weighted by atomic mass is 9.49. The lowest BCUT2D eigenvalue weighted by Crippen LogP contribution is -2.49. The molecule has 3 nitrogen and oxygen atoms in total. The first-order chi connectivity index (χ1) is 15.9. The molecule has 0 spiro atoms. The Morgan fingerprint density at radius 1 is 1.21 bits per heavy atom. The molecule has 9 atom stereocenters. The van der Waals surface area contributed by atoms with Crippen molar-refractivity contribution < 1.29 is 4.39 Å². The predicted octanol–water partition coefficient (Wildman–Crippen LogP) is 7.29. The Morgan fingerprint density at radius 2 is 2.03 bits per heavy atom. The van der Waals surface area contributed by atoms with Gasteiger partial charge in [-0.1, -0.05) is 19.1 Å². The fraction of sp³-hybridized carbons (Fsp3) is 0.724. The minimum Gasteiger partial charge on any atom is -0.380 e. The summed E-state index contributed by atoms with van der Waals surface area (Å²) in [7, 11) is 0. The predicted molar refractivity (Wildman–Crippen MR) is 134 cm³/mol. The van der Waals surface area contributed by atoms with Crippen molar-refractivity contribution in [3.8, 4) is 0 Å². The van der Waals surface area contributed by atoms with E-state index in [1.165, 1.54) is 56.7 Å². The van der Waals surface area contributed by atoms with Gasteiger partial charge in [0, 0.05) is 24.5 Å². The molecule has 4 saturated carbocycles. The number of rotatable bonds is 6. The fourth-order valence-electron chi connectivity index (χ4n) is 8.99. The summed E-state index contributed by atoms with van der Waals surface area (Å²) in [6, 6.07) is 1.88. The summed E-state index contributed by atoms with van der Waals surface area (Å²) in [6.07, 6.45) is 15.9. The molecule has 0 bridgehead atoms. The number of nitrogens with zero attached hydrogens (tertiary/aromatic N) is 1. The summed E-state index contributed by atoms with van der Waals surface area (Å²) in [5, 5.41) is 11.2. The van der Waals surface area contributed by atoms with Crippen LogP contribution in [-0.4, -0.2) is 23.9 Å². The highest BCUT2D eigenvalue weighted by Crippen LogP contribution is 2.65. The van der Waals surface area contributed by atoms with Crippen molar-refractivity contribution in [1.29, 1.82) is 5.41 Å². The van der Waals surface area contributed by atoms with Crippen molar-refractivity contribution in [1.82, 2.24) is 4.98 Å². The molecule has 1 heterocycles. The number of nitrogens with one attached hydrogen (secondary N) is 2. The highest BCUT2D eigenvalue weighted by molar-refractivity contribution is 5.85. The van der Waals surface area contributed by atoms with Gasteiger partial charge >= 0.3 is 0 Å². The minimum absolute atomic E-state index is 0.316. The number of hydrogen-bond donors (Lipinski definition) is 2. The monoisotopic (exact) mass is 451 g/mol. The van der Waals surface area contributed by atoms with Gasteiger partial charge in [0.15, 0.2) is 0 Å². The van der Waals surface area contributed by atoms with Crippen LogP contribution >= 0.6 is 0 Å². The summed E-state index contributed by atoms with van der Waals surface area (Å²) < 4.78 is 14.0. The third-order valence-corrected chi connectivity index (χ3v) is 10.7. The third kappa shape index (κ3) is 4.06. The van der Waals surface area contributed by atoms with Crippen molar-refractivity contribution >= 4 is 11.9 Å². The van der Waals surface area contributed by atoms with Crippen LogP contribution < -0.4 is 5.32 Å². The Labute approximate surface area is 199 Å². The zero-order chi connectivity index (χ0) is 23.2. The first-order valence-electron chi connectivity index (χ1n) is 13.4. The van der Waals surface area contributed by atoms with Crippen LogP contribution in [0.5, 0.6) is 0 Å². The van der Waals surface area contributed by atoms with Crippen molar-refractivity contribution in [2.24, 2.45) is 46.8 Å². The molecule has 4 heteroatoms. The van der Waals surface area contributed by atoms with Crippen LogP contribution in [0.2, 0.25) is 0 Å². The minimum atomic E-state index is -0.629. The number of fused-ring (bicyclic) bond motifs is 5. The number of anilines is 1. The molecule has 5 rings (SSSR count). The summed E-state index contributed by atoms with van der Waals surface area (Å²) in [5.74, 6) is 5.12. The van der Waals surface area contributed by atoms with E-state index in [4.69, 9.17) is 5.41 Å². The topological polar surface area (TPSA) is 48.8 Å². The molecule has 0 saturated heterocycles. The Hall–Kier alpha value is -1.71. The van der Waals surface area contributed by atoms with Crippen molar-refractivity contribution in [3.05, 3.63) is 36.2 Å². The SMILES string of the molecule is C=C(CNc1cnccc1C=N)[C@H]1CCC2[C@@H]3CC[C@@H]4CC(C(C)F)CC[C@@H]4C3CC[C@@]21C. The molecule has 1 aromatic rings. The van der Waals surface area contributed by atoms with E-state index in [2.05, 4.69) is 23.8 Å². The van der Waals surface area contributed by atoms with Crippen LogP contribution in [-0.2, 0) is 0 Å². The van der Waals surface area contributed by atoms with Gasteiger partial charge in [0.25, 0.3) is 0 Å². The number of alkyl halides is 1. The Kier molecular flexibility index (Phi) is 6.39. The zero-order valence-electron chi connectivity index (χ0n) is 20.5. The molecule has 33 heavy (non-hydrogen) atoms. The third-order valence-electron chi connectivity index (χ3n) is 10.7. The Balaban J connectivity index is 1.25. The fourth-order valence-corrected chi connectivity index (χ4v) is 8.99. The van der Waals surface area contributed by atoms with Crippen molar-refractivity contribution in [3.63, 3.8) is 0 Å². The molecule has 0 aromatic carbocycles. The van der Waals surface area contributed by atoms with E-state index in [0.717, 1.165) is 60.2 Å². The molecular weight excluding hydrogens is 409 g/mol. The summed E-state index contributed by atoms with van der Waals surface area (Å²) in [6.45, 7) is 9.68. The highest BCUT2D eigenvalue weighted by atomic mass is 19.1. The number of halogens is 1. The van der Waals surface area contributed by atoms with E-state index < -0.39 is 6.17 Å². The van der Waals surface area contributed by atoms with Gasteiger partial charge in [0.05, 0.1) is 11.9 Å². The Bertz CT molecular complexity index is 881. The van der Waals surface area contributed by atoms with Gasteiger partial charge in [0.2, 0.25) is 0 Å². The van der Waals surface area contributed by atoms with Crippen LogP contribution in [0.25, 0.3) is 0 Å². The quantitative estimate of drug-likeness (QED) is 0.352. The summed E-state index contributed by atoms with van der Waals surface area (Å²) in [4.78, 5) is 4.22. The van der Waals surface area contributed by atoms with E-state index in [-0.39, 0.29) is 0 Å². The maximum atomic E-state index is 14.0. The lowest BCUT2D eigenvalue weighted by molar-refractivity contribution is -0.0685. The van der Waals surface area contributed by atoms with E-state index in [0.29, 0.717) is 17.3 Å². The van der Waals surface area contributed by atoms with Crippen LogP contribution in [0.15, 0.2) is 30.6 Å². The molecule has 4 unspecified atom stereocenters. The van der Waals surface area contributed by atoms with Crippen LogP contribution in [0.4, 0.5) is 10.1 Å². The molecule has 2 N–H and O–H groups in total. The molecule has 4 aliphatic carbocycles. The van der Waals surface area contributed by atoms with E-state index >= 15 is 0 Å². The van der Waals surface area contributed by atoms with E-state index in [1.807, 2.05) is 12.3 Å². The number of hydrogen-bond acceptors (Lipinski definition) is 3. The van der Waals surface area contributed by atoms with Gasteiger partial charge < -0.3 is 10.7 Å². The molecule has 4 fully saturated rings. The van der Waals surface area contributed by atoms with Gasteiger partial charge in [0.1, 0.15) is 6.17 Å². The molecule has 180 valence electrons. The second-order valence-corrected chi connectivity index (χ2v) is 12.0. The van der Waals surface area contributed by atoms with E-state index in [1.54, 1.807) is 13.1 Å². The second-order valence-electron chi connectivity index (χ2n) is 12.0. The largest absolute Gasteiger partial charge is 0.380 e. The van der Waals surface area contributed by atoms with Crippen molar-refractivity contribution in [2.45, 2.75) is 77.8 Å². The molecule has 0 amide bonds. The average Bonchev–Trinajstić information content (AvgIpc) is 3.19. The lowest BCUT2D eigenvalue weighted by Gasteiger charge is -2.56. The molecular formula is C29H42FN3. The maximum Gasteiger partial charge on any atom is 0.100 e. The van der Waals surface area contributed by atoms with Crippen molar-refractivity contribution in [2.75, 3.05) is 11.9 Å². The number of aromatic nitrogens is 1.